The van der Waals surface area contributed by atoms with Crippen molar-refractivity contribution in [2.45, 2.75) is 6.54 Å². The molecule has 1 N–H and O–H groups in total. The number of nitrogens with one attached hydrogen (secondary N) is 1. The third kappa shape index (κ3) is 6.17. The number of hydrogen-bond donors (Lipinski definition) is 1. The van der Waals surface area contributed by atoms with Gasteiger partial charge in [-0.1, -0.05) is 30.3 Å². The average Bonchev–Trinajstić information content (AvgIpc) is 3.24. The van der Waals surface area contributed by atoms with Gasteiger partial charge in [0.05, 0.1) is 12.8 Å². The van der Waals surface area contributed by atoms with E-state index in [1.165, 1.54) is 12.3 Å². The maximum absolute atomic E-state index is 11.8. The van der Waals surface area contributed by atoms with E-state index in [0.717, 1.165) is 11.3 Å². The first-order chi connectivity index (χ1) is 13.7. The number of hydrogen-bond acceptors (Lipinski definition) is 5. The third-order valence-electron chi connectivity index (χ3n) is 3.63. The minimum atomic E-state index is -0.609. The van der Waals surface area contributed by atoms with Gasteiger partial charge in [-0.15, -0.1) is 0 Å². The Balaban J connectivity index is 1.45. The maximum atomic E-state index is 11.8. The van der Waals surface area contributed by atoms with Crippen molar-refractivity contribution < 1.29 is 23.5 Å². The molecule has 28 heavy (non-hydrogen) atoms. The molecule has 0 unspecified atom stereocenters. The molecule has 0 aliphatic carbocycles. The van der Waals surface area contributed by atoms with Gasteiger partial charge in [-0.25, -0.2) is 4.79 Å². The van der Waals surface area contributed by atoms with Gasteiger partial charge in [0, 0.05) is 6.08 Å². The van der Waals surface area contributed by atoms with Crippen LogP contribution in [-0.4, -0.2) is 18.5 Å². The van der Waals surface area contributed by atoms with Crippen molar-refractivity contribution in [2.24, 2.45) is 0 Å². The normalized spacial score (nSPS) is 10.6. The Labute approximate surface area is 162 Å². The SMILES string of the molecule is O=C(COC(=O)/C=C/c1cccc(Oc2ccccc2)c1)NCc1ccco1. The van der Waals surface area contributed by atoms with Gasteiger partial charge in [0.15, 0.2) is 6.61 Å². The molecule has 0 fully saturated rings. The fourth-order valence-electron chi connectivity index (χ4n) is 2.31. The quantitative estimate of drug-likeness (QED) is 0.475. The summed E-state index contributed by atoms with van der Waals surface area (Å²) in [4.78, 5) is 23.5. The van der Waals surface area contributed by atoms with E-state index >= 15 is 0 Å². The molecule has 0 saturated heterocycles. The summed E-state index contributed by atoms with van der Waals surface area (Å²) in [6, 6.07) is 20.2. The predicted octanol–water partition coefficient (Wildman–Crippen LogP) is 3.94. The van der Waals surface area contributed by atoms with E-state index in [1.807, 2.05) is 48.5 Å². The summed E-state index contributed by atoms with van der Waals surface area (Å²) in [5.74, 6) is 0.985. The van der Waals surface area contributed by atoms with Crippen LogP contribution in [0.2, 0.25) is 0 Å². The summed E-state index contributed by atoms with van der Waals surface area (Å²) < 4.78 is 15.8. The molecule has 6 nitrogen and oxygen atoms in total. The number of para-hydroxylation sites is 1. The van der Waals surface area contributed by atoms with E-state index < -0.39 is 11.9 Å². The van der Waals surface area contributed by atoms with Crippen LogP contribution >= 0.6 is 0 Å². The Morgan fingerprint density at radius 3 is 2.57 bits per heavy atom. The second-order valence-corrected chi connectivity index (χ2v) is 5.78. The Bertz CT molecular complexity index is 933. The van der Waals surface area contributed by atoms with Gasteiger partial charge >= 0.3 is 5.97 Å². The molecule has 1 heterocycles. The zero-order chi connectivity index (χ0) is 19.6. The van der Waals surface area contributed by atoms with E-state index in [4.69, 9.17) is 13.9 Å². The summed E-state index contributed by atoms with van der Waals surface area (Å²) in [5, 5.41) is 2.59. The van der Waals surface area contributed by atoms with E-state index in [0.29, 0.717) is 11.5 Å². The Hall–Kier alpha value is -3.80. The molecule has 1 amide bonds. The Morgan fingerprint density at radius 2 is 1.79 bits per heavy atom. The van der Waals surface area contributed by atoms with Gasteiger partial charge in [-0.05, 0) is 48.0 Å². The zero-order valence-electron chi connectivity index (χ0n) is 15.0. The highest BCUT2D eigenvalue weighted by molar-refractivity contribution is 5.89. The molecular formula is C22H19NO5. The lowest BCUT2D eigenvalue weighted by molar-refractivity contribution is -0.143. The number of benzene rings is 2. The zero-order valence-corrected chi connectivity index (χ0v) is 15.0. The van der Waals surface area contributed by atoms with Crippen molar-refractivity contribution in [3.05, 3.63) is 90.4 Å². The molecule has 6 heteroatoms. The lowest BCUT2D eigenvalue weighted by atomic mass is 10.2. The van der Waals surface area contributed by atoms with Crippen molar-refractivity contribution in [3.8, 4) is 11.5 Å². The second-order valence-electron chi connectivity index (χ2n) is 5.78. The standard InChI is InChI=1S/C22H19NO5/c24-21(23-15-20-10-5-13-26-20)16-27-22(25)12-11-17-6-4-9-19(14-17)28-18-7-2-1-3-8-18/h1-14H,15-16H2,(H,23,24)/b12-11+. The number of carbonyl (C=O) groups is 2. The predicted molar refractivity (Wildman–Crippen MR) is 104 cm³/mol. The van der Waals surface area contributed by atoms with Crippen LogP contribution in [0.15, 0.2) is 83.5 Å². The van der Waals surface area contributed by atoms with E-state index in [-0.39, 0.29) is 13.2 Å². The van der Waals surface area contributed by atoms with Crippen LogP contribution in [0.25, 0.3) is 6.08 Å². The Morgan fingerprint density at radius 1 is 0.964 bits per heavy atom. The highest BCUT2D eigenvalue weighted by Gasteiger charge is 2.06. The topological polar surface area (TPSA) is 77.8 Å². The fourth-order valence-corrected chi connectivity index (χ4v) is 2.31. The highest BCUT2D eigenvalue weighted by Crippen LogP contribution is 2.22. The molecule has 0 aliphatic rings. The van der Waals surface area contributed by atoms with Crippen molar-refractivity contribution in [1.82, 2.24) is 5.32 Å². The molecule has 142 valence electrons. The molecule has 0 bridgehead atoms. The maximum Gasteiger partial charge on any atom is 0.331 e. The summed E-state index contributed by atoms with van der Waals surface area (Å²) >= 11 is 0. The van der Waals surface area contributed by atoms with Crippen LogP contribution in [0.4, 0.5) is 0 Å². The first-order valence-corrected chi connectivity index (χ1v) is 8.66. The number of amides is 1. The molecule has 0 atom stereocenters. The van der Waals surface area contributed by atoms with Crippen LogP contribution in [0.1, 0.15) is 11.3 Å². The number of rotatable bonds is 8. The number of ether oxygens (including phenoxy) is 2. The lowest BCUT2D eigenvalue weighted by Gasteiger charge is -2.06. The van der Waals surface area contributed by atoms with E-state index in [2.05, 4.69) is 5.32 Å². The smallest absolute Gasteiger partial charge is 0.331 e. The summed E-state index contributed by atoms with van der Waals surface area (Å²) in [7, 11) is 0. The van der Waals surface area contributed by atoms with Gasteiger partial charge in [0.2, 0.25) is 0 Å². The van der Waals surface area contributed by atoms with Crippen LogP contribution in [0.5, 0.6) is 11.5 Å². The van der Waals surface area contributed by atoms with Crippen LogP contribution in [0, 0.1) is 0 Å². The molecule has 0 aliphatic heterocycles. The highest BCUT2D eigenvalue weighted by atomic mass is 16.5. The van der Waals surface area contributed by atoms with Crippen LogP contribution in [-0.2, 0) is 20.9 Å². The lowest BCUT2D eigenvalue weighted by Crippen LogP contribution is -2.27. The molecule has 2 aromatic carbocycles. The number of carbonyl (C=O) groups excluding carboxylic acids is 2. The monoisotopic (exact) mass is 377 g/mol. The summed E-state index contributed by atoms with van der Waals surface area (Å²) in [6.45, 7) is -0.117. The van der Waals surface area contributed by atoms with Crippen molar-refractivity contribution in [1.29, 1.82) is 0 Å². The Kier molecular flexibility index (Phi) is 6.62. The number of esters is 1. The average molecular weight is 377 g/mol. The van der Waals surface area contributed by atoms with Gasteiger partial charge in [0.1, 0.15) is 17.3 Å². The number of furan rings is 1. The van der Waals surface area contributed by atoms with E-state index in [1.54, 1.807) is 24.3 Å². The third-order valence-corrected chi connectivity index (χ3v) is 3.63. The summed E-state index contributed by atoms with van der Waals surface area (Å²) in [5.41, 5.74) is 0.771. The van der Waals surface area contributed by atoms with Gasteiger partial charge in [-0.3, -0.25) is 4.79 Å². The van der Waals surface area contributed by atoms with Crippen molar-refractivity contribution >= 4 is 18.0 Å². The molecule has 3 aromatic rings. The van der Waals surface area contributed by atoms with Gasteiger partial charge in [0.25, 0.3) is 5.91 Å². The first-order valence-electron chi connectivity index (χ1n) is 8.66. The molecule has 0 spiro atoms. The molecular weight excluding hydrogens is 358 g/mol. The molecule has 1 aromatic heterocycles. The van der Waals surface area contributed by atoms with E-state index in [9.17, 15) is 9.59 Å². The minimum absolute atomic E-state index is 0.243. The largest absolute Gasteiger partial charge is 0.467 e. The molecule has 0 radical (unpaired) electrons. The second kappa shape index (κ2) is 9.78. The molecule has 3 rings (SSSR count). The van der Waals surface area contributed by atoms with Gasteiger partial charge < -0.3 is 19.2 Å². The fraction of sp³-hybridized carbons (Fsp3) is 0.0909. The first kappa shape index (κ1) is 19.0. The van der Waals surface area contributed by atoms with Gasteiger partial charge in [-0.2, -0.15) is 0 Å². The minimum Gasteiger partial charge on any atom is -0.467 e. The van der Waals surface area contributed by atoms with Crippen molar-refractivity contribution in [3.63, 3.8) is 0 Å². The van der Waals surface area contributed by atoms with Crippen molar-refractivity contribution in [2.75, 3.05) is 6.61 Å². The van der Waals surface area contributed by atoms with Crippen LogP contribution < -0.4 is 10.1 Å². The van der Waals surface area contributed by atoms with Crippen LogP contribution in [0.3, 0.4) is 0 Å². The summed E-state index contributed by atoms with van der Waals surface area (Å²) in [6.07, 6.45) is 4.38. The molecule has 0 saturated carbocycles.